The summed E-state index contributed by atoms with van der Waals surface area (Å²) in [5.74, 6) is -2.77. The highest BCUT2D eigenvalue weighted by Crippen LogP contribution is 2.45. The molecule has 1 heterocycles. The number of rotatable bonds is 6. The van der Waals surface area contributed by atoms with E-state index in [1.807, 2.05) is 6.07 Å². The third-order valence-corrected chi connectivity index (χ3v) is 4.68. The molecule has 0 aliphatic carbocycles. The minimum absolute atomic E-state index is 0.0197. The van der Waals surface area contributed by atoms with Gasteiger partial charge < -0.3 is 15.2 Å². The number of nitro groups is 2. The molecule has 0 aromatic heterocycles. The van der Waals surface area contributed by atoms with Crippen LogP contribution >= 0.6 is 0 Å². The number of nitriles is 1. The van der Waals surface area contributed by atoms with Crippen molar-refractivity contribution in [2.75, 3.05) is 6.61 Å². The van der Waals surface area contributed by atoms with Gasteiger partial charge in [0, 0.05) is 29.3 Å². The fraction of sp³-hybridized carbons (Fsp3) is 0.143. The third-order valence-electron chi connectivity index (χ3n) is 4.68. The van der Waals surface area contributed by atoms with Crippen LogP contribution in [0, 0.1) is 31.6 Å². The van der Waals surface area contributed by atoms with Crippen LogP contribution in [0.3, 0.4) is 0 Å². The monoisotopic (exact) mass is 436 g/mol. The molecule has 0 amide bonds. The van der Waals surface area contributed by atoms with E-state index in [1.54, 1.807) is 6.92 Å². The van der Waals surface area contributed by atoms with Crippen molar-refractivity contribution >= 4 is 23.1 Å². The van der Waals surface area contributed by atoms with E-state index >= 15 is 0 Å². The van der Waals surface area contributed by atoms with E-state index in [2.05, 4.69) is 0 Å². The molecule has 0 fully saturated rings. The van der Waals surface area contributed by atoms with Crippen LogP contribution in [0.25, 0.3) is 5.76 Å². The van der Waals surface area contributed by atoms with Gasteiger partial charge in [-0.05, 0) is 6.92 Å². The second kappa shape index (κ2) is 8.97. The number of carbonyl (C=O) groups excluding carboxylic acids is 1. The molecular formula is C21H16N4O7. The zero-order valence-electron chi connectivity index (χ0n) is 16.7. The summed E-state index contributed by atoms with van der Waals surface area (Å²) < 4.78 is 10.7. The Morgan fingerprint density at radius 3 is 2.53 bits per heavy atom. The van der Waals surface area contributed by atoms with Crippen LogP contribution in [0.5, 0.6) is 0 Å². The van der Waals surface area contributed by atoms with Gasteiger partial charge in [-0.3, -0.25) is 20.2 Å². The van der Waals surface area contributed by atoms with Gasteiger partial charge in [0.05, 0.1) is 27.9 Å². The molecule has 0 radical (unpaired) electrons. The number of non-ortho nitro benzene ring substituents is 1. The molecule has 3 rings (SSSR count). The first-order chi connectivity index (χ1) is 15.3. The normalized spacial score (nSPS) is 15.6. The molecule has 11 nitrogen and oxygen atoms in total. The number of allylic oxidation sites excluding steroid dienone is 1. The van der Waals surface area contributed by atoms with Crippen LogP contribution in [0.1, 0.15) is 24.0 Å². The van der Waals surface area contributed by atoms with E-state index in [-0.39, 0.29) is 51.9 Å². The minimum atomic E-state index is -1.29. The van der Waals surface area contributed by atoms with Crippen molar-refractivity contribution in [3.63, 3.8) is 0 Å². The van der Waals surface area contributed by atoms with Gasteiger partial charge in [-0.1, -0.05) is 30.3 Å². The zero-order chi connectivity index (χ0) is 23.4. The quantitative estimate of drug-likeness (QED) is 0.405. The molecule has 2 aromatic carbocycles. The maximum atomic E-state index is 13.0. The Morgan fingerprint density at radius 2 is 1.91 bits per heavy atom. The molecule has 1 aliphatic heterocycles. The van der Waals surface area contributed by atoms with Crippen LogP contribution in [0.4, 0.5) is 11.4 Å². The van der Waals surface area contributed by atoms with E-state index in [1.165, 1.54) is 42.5 Å². The molecule has 2 aromatic rings. The molecule has 0 spiro atoms. The maximum absolute atomic E-state index is 13.0. The third kappa shape index (κ3) is 3.97. The summed E-state index contributed by atoms with van der Waals surface area (Å²) in [6.07, 6.45) is 0. The van der Waals surface area contributed by atoms with Gasteiger partial charge in [-0.2, -0.15) is 5.26 Å². The summed E-state index contributed by atoms with van der Waals surface area (Å²) in [6.45, 7) is 1.53. The van der Waals surface area contributed by atoms with E-state index in [0.29, 0.717) is 0 Å². The summed E-state index contributed by atoms with van der Waals surface area (Å²) in [4.78, 5) is 34.6. The van der Waals surface area contributed by atoms with Crippen molar-refractivity contribution in [1.82, 2.24) is 0 Å². The van der Waals surface area contributed by atoms with Crippen molar-refractivity contribution in [2.45, 2.75) is 12.8 Å². The van der Waals surface area contributed by atoms with Crippen LogP contribution in [-0.4, -0.2) is 22.4 Å². The summed E-state index contributed by atoms with van der Waals surface area (Å²) in [5.41, 5.74) is 5.00. The molecule has 32 heavy (non-hydrogen) atoms. The Hall–Kier alpha value is -4.72. The molecular weight excluding hydrogens is 420 g/mol. The number of nitro benzene ring substituents is 2. The number of nitrogens with two attached hydrogens (primary N) is 1. The van der Waals surface area contributed by atoms with Gasteiger partial charge in [-0.25, -0.2) is 4.79 Å². The molecule has 162 valence electrons. The number of hydrogen-bond acceptors (Lipinski definition) is 9. The summed E-state index contributed by atoms with van der Waals surface area (Å²) in [7, 11) is 0. The second-order valence-electron chi connectivity index (χ2n) is 6.51. The van der Waals surface area contributed by atoms with Crippen molar-refractivity contribution < 1.29 is 24.1 Å². The van der Waals surface area contributed by atoms with E-state index in [0.717, 1.165) is 6.07 Å². The van der Waals surface area contributed by atoms with Crippen LogP contribution in [-0.2, 0) is 14.3 Å². The number of para-hydroxylation sites is 1. The Morgan fingerprint density at radius 1 is 1.19 bits per heavy atom. The lowest BCUT2D eigenvalue weighted by atomic mass is 9.81. The Bertz CT molecular complexity index is 1230. The largest absolute Gasteiger partial charge is 0.463 e. The number of ether oxygens (including phenoxy) is 2. The smallest absolute Gasteiger partial charge is 0.338 e. The number of esters is 1. The van der Waals surface area contributed by atoms with Crippen LogP contribution < -0.4 is 5.73 Å². The molecule has 1 atom stereocenters. The first-order valence-electron chi connectivity index (χ1n) is 9.27. The van der Waals surface area contributed by atoms with Crippen molar-refractivity contribution in [2.24, 2.45) is 5.73 Å². The van der Waals surface area contributed by atoms with Gasteiger partial charge >= 0.3 is 5.97 Å². The van der Waals surface area contributed by atoms with E-state index in [4.69, 9.17) is 15.2 Å². The van der Waals surface area contributed by atoms with Crippen molar-refractivity contribution in [1.29, 1.82) is 5.26 Å². The average Bonchev–Trinajstić information content (AvgIpc) is 2.78. The lowest BCUT2D eigenvalue weighted by Crippen LogP contribution is -2.26. The van der Waals surface area contributed by atoms with Crippen LogP contribution in [0.2, 0.25) is 0 Å². The topological polar surface area (TPSA) is 172 Å². The molecule has 0 saturated heterocycles. The molecule has 11 heteroatoms. The minimum Gasteiger partial charge on any atom is -0.463 e. The predicted octanol–water partition coefficient (Wildman–Crippen LogP) is 3.29. The summed E-state index contributed by atoms with van der Waals surface area (Å²) in [5, 5.41) is 32.6. The van der Waals surface area contributed by atoms with Gasteiger partial charge in [0.25, 0.3) is 11.4 Å². The first-order valence-corrected chi connectivity index (χ1v) is 9.27. The predicted molar refractivity (Wildman–Crippen MR) is 110 cm³/mol. The lowest BCUT2D eigenvalue weighted by molar-refractivity contribution is -0.385. The number of benzene rings is 2. The molecule has 0 saturated carbocycles. The molecule has 1 unspecified atom stereocenters. The van der Waals surface area contributed by atoms with E-state index < -0.39 is 21.7 Å². The van der Waals surface area contributed by atoms with Gasteiger partial charge in [0.1, 0.15) is 17.4 Å². The molecule has 0 bridgehead atoms. The Kier molecular flexibility index (Phi) is 6.16. The highest BCUT2D eigenvalue weighted by molar-refractivity contribution is 6.00. The highest BCUT2D eigenvalue weighted by Gasteiger charge is 2.41. The summed E-state index contributed by atoms with van der Waals surface area (Å²) >= 11 is 0. The van der Waals surface area contributed by atoms with Crippen LogP contribution in [0.15, 0.2) is 65.6 Å². The first kappa shape index (κ1) is 22.0. The molecule has 1 aliphatic rings. The van der Waals surface area contributed by atoms with Gasteiger partial charge in [0.2, 0.25) is 5.88 Å². The SMILES string of the molecule is CCOC(=O)C1=C(c2cccc([N+](=O)[O-])c2)OC(N)=C(C#N)C1c1ccccc1[N+](=O)[O-]. The second-order valence-corrected chi connectivity index (χ2v) is 6.51. The van der Waals surface area contributed by atoms with Gasteiger partial charge in [0.15, 0.2) is 0 Å². The highest BCUT2D eigenvalue weighted by atomic mass is 16.6. The number of nitrogens with zero attached hydrogens (tertiary/aromatic N) is 3. The fourth-order valence-corrected chi connectivity index (χ4v) is 3.36. The fourth-order valence-electron chi connectivity index (χ4n) is 3.36. The maximum Gasteiger partial charge on any atom is 0.338 e. The average molecular weight is 436 g/mol. The van der Waals surface area contributed by atoms with Crippen molar-refractivity contribution in [3.8, 4) is 6.07 Å². The Labute approximate surface area is 181 Å². The molecule has 2 N–H and O–H groups in total. The number of carbonyl (C=O) groups is 1. The van der Waals surface area contributed by atoms with E-state index in [9.17, 15) is 30.3 Å². The lowest BCUT2D eigenvalue weighted by Gasteiger charge is -2.28. The van der Waals surface area contributed by atoms with Gasteiger partial charge in [-0.15, -0.1) is 0 Å². The van der Waals surface area contributed by atoms with Crippen molar-refractivity contribution in [3.05, 3.63) is 96.9 Å². The zero-order valence-corrected chi connectivity index (χ0v) is 16.7. The number of hydrogen-bond donors (Lipinski definition) is 1. The Balaban J connectivity index is 2.37. The standard InChI is InChI=1S/C21H16N4O7/c1-2-31-21(26)18-17(14-8-3-4-9-16(14)25(29)30)15(11-22)20(23)32-19(18)12-6-5-7-13(10-12)24(27)28/h3-10,17H,2,23H2,1H3. The summed E-state index contributed by atoms with van der Waals surface area (Å²) in [6, 6.07) is 12.7.